The van der Waals surface area contributed by atoms with Crippen molar-refractivity contribution in [3.05, 3.63) is 59.1 Å². The summed E-state index contributed by atoms with van der Waals surface area (Å²) in [5, 5.41) is 13.1. The summed E-state index contributed by atoms with van der Waals surface area (Å²) in [5.74, 6) is 0.00869. The van der Waals surface area contributed by atoms with Crippen molar-refractivity contribution < 1.29 is 9.90 Å². The number of thiazole rings is 1. The Morgan fingerprint density at radius 3 is 2.83 bits per heavy atom. The fourth-order valence-electron chi connectivity index (χ4n) is 2.56. The predicted octanol–water partition coefficient (Wildman–Crippen LogP) is 4.14. The average molecular weight is 340 g/mol. The minimum atomic E-state index is -0.0219. The fourth-order valence-corrected chi connectivity index (χ4v) is 3.57. The third kappa shape index (κ3) is 4.40. The molecule has 2 aromatic carbocycles. The smallest absolute Gasteiger partial charge is 0.224 e. The number of para-hydroxylation sites is 1. The van der Waals surface area contributed by atoms with E-state index in [2.05, 4.69) is 16.4 Å². The van der Waals surface area contributed by atoms with Crippen LogP contribution in [-0.2, 0) is 17.8 Å². The molecule has 2 N–H and O–H groups in total. The molecule has 0 spiro atoms. The number of anilines is 1. The number of rotatable bonds is 7. The molecule has 0 aliphatic rings. The van der Waals surface area contributed by atoms with Gasteiger partial charge in [-0.05, 0) is 49.1 Å². The maximum Gasteiger partial charge on any atom is 0.224 e. The zero-order valence-electron chi connectivity index (χ0n) is 13.4. The van der Waals surface area contributed by atoms with E-state index in [1.807, 2.05) is 36.4 Å². The van der Waals surface area contributed by atoms with E-state index in [9.17, 15) is 4.79 Å². The normalized spacial score (nSPS) is 10.9. The first kappa shape index (κ1) is 16.6. The summed E-state index contributed by atoms with van der Waals surface area (Å²) in [5.41, 5.74) is 2.58. The van der Waals surface area contributed by atoms with Gasteiger partial charge in [0.25, 0.3) is 0 Å². The lowest BCUT2D eigenvalue weighted by Gasteiger charge is -2.06. The molecular formula is C19H20N2O2S. The molecule has 3 aromatic rings. The van der Waals surface area contributed by atoms with Crippen molar-refractivity contribution in [2.45, 2.75) is 32.3 Å². The Labute approximate surface area is 145 Å². The zero-order chi connectivity index (χ0) is 16.8. The topological polar surface area (TPSA) is 62.2 Å². The van der Waals surface area contributed by atoms with Gasteiger partial charge in [-0.25, -0.2) is 4.98 Å². The summed E-state index contributed by atoms with van der Waals surface area (Å²) in [4.78, 5) is 16.6. The third-order valence-corrected chi connectivity index (χ3v) is 4.87. The number of carbonyl (C=O) groups is 1. The lowest BCUT2D eigenvalue weighted by Crippen LogP contribution is -2.11. The Morgan fingerprint density at radius 2 is 2.00 bits per heavy atom. The summed E-state index contributed by atoms with van der Waals surface area (Å²) in [7, 11) is 0. The van der Waals surface area contributed by atoms with Gasteiger partial charge < -0.3 is 10.4 Å². The molecule has 0 radical (unpaired) electrons. The molecule has 1 amide bonds. The molecule has 0 aliphatic carbocycles. The van der Waals surface area contributed by atoms with Gasteiger partial charge in [-0.15, -0.1) is 11.3 Å². The van der Waals surface area contributed by atoms with Crippen LogP contribution >= 0.6 is 11.3 Å². The number of aliphatic hydroxyl groups excluding tert-OH is 1. The molecule has 0 fully saturated rings. The number of nitrogens with one attached hydrogen (secondary N) is 1. The van der Waals surface area contributed by atoms with E-state index in [-0.39, 0.29) is 12.5 Å². The number of aromatic nitrogens is 1. The Kier molecular flexibility index (Phi) is 5.56. The Balaban J connectivity index is 1.43. The molecule has 0 unspecified atom stereocenters. The van der Waals surface area contributed by atoms with Crippen LogP contribution < -0.4 is 5.32 Å². The highest BCUT2D eigenvalue weighted by molar-refractivity contribution is 7.18. The van der Waals surface area contributed by atoms with E-state index in [0.717, 1.165) is 41.0 Å². The van der Waals surface area contributed by atoms with Crippen molar-refractivity contribution in [1.29, 1.82) is 0 Å². The number of carbonyl (C=O) groups excluding carboxylic acids is 1. The van der Waals surface area contributed by atoms with Crippen molar-refractivity contribution in [3.8, 4) is 0 Å². The lowest BCUT2D eigenvalue weighted by molar-refractivity contribution is -0.116. The highest BCUT2D eigenvalue weighted by atomic mass is 32.1. The highest BCUT2D eigenvalue weighted by Gasteiger charge is 2.05. The third-order valence-electron chi connectivity index (χ3n) is 3.78. The SMILES string of the molecule is O=C(CCCCc1nc2ccccc2s1)Nc1cccc(CO)c1. The number of aryl methyl sites for hydroxylation is 1. The van der Waals surface area contributed by atoms with Crippen LogP contribution in [0.5, 0.6) is 0 Å². The molecule has 0 saturated carbocycles. The maximum atomic E-state index is 12.0. The average Bonchev–Trinajstić information content (AvgIpc) is 3.01. The number of benzene rings is 2. The first-order valence-corrected chi connectivity index (χ1v) is 8.90. The first-order valence-electron chi connectivity index (χ1n) is 8.09. The standard InChI is InChI=1S/C19H20N2O2S/c22-13-14-6-5-7-15(12-14)20-18(23)10-3-4-11-19-21-16-8-1-2-9-17(16)24-19/h1-2,5-9,12,22H,3-4,10-11,13H2,(H,20,23). The number of aliphatic hydroxyl groups is 1. The molecule has 24 heavy (non-hydrogen) atoms. The van der Waals surface area contributed by atoms with Gasteiger partial charge in [0.1, 0.15) is 0 Å². The Morgan fingerprint density at radius 1 is 1.12 bits per heavy atom. The van der Waals surface area contributed by atoms with E-state index in [1.165, 1.54) is 4.70 Å². The van der Waals surface area contributed by atoms with Gasteiger partial charge in [-0.3, -0.25) is 4.79 Å². The van der Waals surface area contributed by atoms with E-state index in [1.54, 1.807) is 17.4 Å². The summed E-state index contributed by atoms with van der Waals surface area (Å²) in [6.45, 7) is -0.0219. The Hall–Kier alpha value is -2.24. The molecule has 0 aliphatic heterocycles. The van der Waals surface area contributed by atoms with Gasteiger partial charge in [-0.1, -0.05) is 24.3 Å². The van der Waals surface area contributed by atoms with Crippen molar-refractivity contribution >= 4 is 33.1 Å². The van der Waals surface area contributed by atoms with Crippen LogP contribution in [0.1, 0.15) is 29.8 Å². The van der Waals surface area contributed by atoms with Crippen molar-refractivity contribution in [2.24, 2.45) is 0 Å². The highest BCUT2D eigenvalue weighted by Crippen LogP contribution is 2.23. The number of unbranched alkanes of at least 4 members (excludes halogenated alkanes) is 1. The molecular weight excluding hydrogens is 320 g/mol. The number of hydrogen-bond donors (Lipinski definition) is 2. The van der Waals surface area contributed by atoms with Gasteiger partial charge in [0, 0.05) is 12.1 Å². The Bertz CT molecular complexity index is 796. The molecule has 0 saturated heterocycles. The molecule has 1 heterocycles. The van der Waals surface area contributed by atoms with E-state index in [4.69, 9.17) is 5.11 Å². The summed E-state index contributed by atoms with van der Waals surface area (Å²) in [6, 6.07) is 15.4. The minimum absolute atomic E-state index is 0.00869. The fraction of sp³-hybridized carbons (Fsp3) is 0.263. The summed E-state index contributed by atoms with van der Waals surface area (Å²) in [6.07, 6.45) is 3.19. The second-order valence-corrected chi connectivity index (χ2v) is 6.80. The van der Waals surface area contributed by atoms with Gasteiger partial charge in [0.15, 0.2) is 0 Å². The van der Waals surface area contributed by atoms with E-state index >= 15 is 0 Å². The van der Waals surface area contributed by atoms with Crippen LogP contribution in [0.4, 0.5) is 5.69 Å². The number of fused-ring (bicyclic) bond motifs is 1. The van der Waals surface area contributed by atoms with Crippen LogP contribution in [0.25, 0.3) is 10.2 Å². The molecule has 0 atom stereocenters. The minimum Gasteiger partial charge on any atom is -0.392 e. The summed E-state index contributed by atoms with van der Waals surface area (Å²) < 4.78 is 1.22. The monoisotopic (exact) mass is 340 g/mol. The van der Waals surface area contributed by atoms with E-state index < -0.39 is 0 Å². The first-order chi connectivity index (χ1) is 11.7. The van der Waals surface area contributed by atoms with Crippen LogP contribution in [-0.4, -0.2) is 16.0 Å². The molecule has 124 valence electrons. The largest absolute Gasteiger partial charge is 0.392 e. The number of nitrogens with zero attached hydrogens (tertiary/aromatic N) is 1. The van der Waals surface area contributed by atoms with Gasteiger partial charge in [-0.2, -0.15) is 0 Å². The molecule has 5 heteroatoms. The van der Waals surface area contributed by atoms with Gasteiger partial charge in [0.05, 0.1) is 21.8 Å². The van der Waals surface area contributed by atoms with Crippen LogP contribution in [0.3, 0.4) is 0 Å². The van der Waals surface area contributed by atoms with Crippen LogP contribution in [0, 0.1) is 0 Å². The van der Waals surface area contributed by atoms with Crippen LogP contribution in [0.2, 0.25) is 0 Å². The van der Waals surface area contributed by atoms with E-state index in [0.29, 0.717) is 6.42 Å². The van der Waals surface area contributed by atoms with Crippen LogP contribution in [0.15, 0.2) is 48.5 Å². The second-order valence-electron chi connectivity index (χ2n) is 5.69. The number of amides is 1. The lowest BCUT2D eigenvalue weighted by atomic mass is 10.1. The van der Waals surface area contributed by atoms with Crippen molar-refractivity contribution in [1.82, 2.24) is 4.98 Å². The molecule has 3 rings (SSSR count). The molecule has 1 aromatic heterocycles. The quantitative estimate of drug-likeness (QED) is 0.635. The second kappa shape index (κ2) is 8.04. The number of hydrogen-bond acceptors (Lipinski definition) is 4. The predicted molar refractivity (Wildman–Crippen MR) is 98.2 cm³/mol. The summed E-state index contributed by atoms with van der Waals surface area (Å²) >= 11 is 1.73. The zero-order valence-corrected chi connectivity index (χ0v) is 14.2. The molecule has 4 nitrogen and oxygen atoms in total. The van der Waals surface area contributed by atoms with Gasteiger partial charge >= 0.3 is 0 Å². The molecule has 0 bridgehead atoms. The maximum absolute atomic E-state index is 12.0. The van der Waals surface area contributed by atoms with Gasteiger partial charge in [0.2, 0.25) is 5.91 Å². The van der Waals surface area contributed by atoms with Crippen molar-refractivity contribution in [3.63, 3.8) is 0 Å². The van der Waals surface area contributed by atoms with Crippen molar-refractivity contribution in [2.75, 3.05) is 5.32 Å².